The van der Waals surface area contributed by atoms with E-state index >= 15 is 0 Å². The standard InChI is InChI=1S/C18H22N4O5S/c1-9(15(24)22-18(26)19-2)27-13(23)8-7-12-20-16(25)14-10-5-3-4-6-11(10)28-17(14)21-12/h9H,3-8H2,1-2H3,(H,20,21,25)(H2,19,22,24,26)/t9-/m0/s1. The lowest BCUT2D eigenvalue weighted by Gasteiger charge is -2.12. The van der Waals surface area contributed by atoms with E-state index in [1.807, 2.05) is 5.32 Å². The number of aryl methyl sites for hydroxylation is 3. The first kappa shape index (κ1) is 20.0. The Bertz CT molecular complexity index is 980. The van der Waals surface area contributed by atoms with Crippen LogP contribution in [-0.4, -0.2) is 41.0 Å². The van der Waals surface area contributed by atoms with Crippen LogP contribution in [0.1, 0.15) is 42.5 Å². The van der Waals surface area contributed by atoms with Crippen molar-refractivity contribution in [3.05, 3.63) is 26.6 Å². The Morgan fingerprint density at radius 2 is 2.04 bits per heavy atom. The number of imide groups is 1. The number of amides is 3. The number of hydrogen-bond donors (Lipinski definition) is 3. The number of H-pyrrole nitrogens is 1. The van der Waals surface area contributed by atoms with Gasteiger partial charge in [-0.3, -0.25) is 19.7 Å². The summed E-state index contributed by atoms with van der Waals surface area (Å²) in [4.78, 5) is 56.5. The van der Waals surface area contributed by atoms with Crippen LogP contribution in [0, 0.1) is 0 Å². The van der Waals surface area contributed by atoms with Gasteiger partial charge in [-0.15, -0.1) is 11.3 Å². The molecule has 1 aliphatic rings. The lowest BCUT2D eigenvalue weighted by molar-refractivity contribution is -0.154. The minimum absolute atomic E-state index is 0.0445. The SMILES string of the molecule is CNC(=O)NC(=O)[C@H](C)OC(=O)CCc1nc2sc3c(c2c(=O)[nH]1)CCCC3. The van der Waals surface area contributed by atoms with Crippen molar-refractivity contribution in [1.29, 1.82) is 0 Å². The first-order valence-corrected chi connectivity index (χ1v) is 9.96. The summed E-state index contributed by atoms with van der Waals surface area (Å²) in [6, 6.07) is -0.679. The van der Waals surface area contributed by atoms with Crippen molar-refractivity contribution in [3.8, 4) is 0 Å². The highest BCUT2D eigenvalue weighted by Gasteiger charge is 2.21. The maximum absolute atomic E-state index is 12.5. The van der Waals surface area contributed by atoms with Crippen molar-refractivity contribution in [3.63, 3.8) is 0 Å². The van der Waals surface area contributed by atoms with Gasteiger partial charge in [0.15, 0.2) is 6.10 Å². The van der Waals surface area contributed by atoms with E-state index in [1.165, 1.54) is 18.8 Å². The number of nitrogens with zero attached hydrogens (tertiary/aromatic N) is 1. The molecule has 9 nitrogen and oxygen atoms in total. The molecule has 1 aliphatic carbocycles. The lowest BCUT2D eigenvalue weighted by Crippen LogP contribution is -2.43. The van der Waals surface area contributed by atoms with E-state index < -0.39 is 24.0 Å². The van der Waals surface area contributed by atoms with Crippen molar-refractivity contribution < 1.29 is 19.1 Å². The van der Waals surface area contributed by atoms with E-state index in [2.05, 4.69) is 15.3 Å². The molecule has 0 saturated carbocycles. The van der Waals surface area contributed by atoms with Gasteiger partial charge < -0.3 is 15.0 Å². The number of fused-ring (bicyclic) bond motifs is 3. The van der Waals surface area contributed by atoms with Crippen molar-refractivity contribution in [2.45, 2.75) is 51.6 Å². The van der Waals surface area contributed by atoms with Crippen LogP contribution < -0.4 is 16.2 Å². The Labute approximate surface area is 164 Å². The molecular weight excluding hydrogens is 384 g/mol. The molecule has 10 heteroatoms. The number of thiophene rings is 1. The molecule has 3 amide bonds. The van der Waals surface area contributed by atoms with Crippen molar-refractivity contribution in [1.82, 2.24) is 20.6 Å². The van der Waals surface area contributed by atoms with Crippen LogP contribution in [-0.2, 0) is 33.6 Å². The van der Waals surface area contributed by atoms with E-state index in [4.69, 9.17) is 4.74 Å². The first-order valence-electron chi connectivity index (χ1n) is 9.14. The minimum Gasteiger partial charge on any atom is -0.453 e. The molecule has 2 aromatic heterocycles. The second-order valence-corrected chi connectivity index (χ2v) is 7.69. The van der Waals surface area contributed by atoms with Gasteiger partial charge in [0.05, 0.1) is 11.8 Å². The predicted molar refractivity (Wildman–Crippen MR) is 103 cm³/mol. The third-order valence-electron chi connectivity index (χ3n) is 4.58. The molecule has 150 valence electrons. The summed E-state index contributed by atoms with van der Waals surface area (Å²) in [6.07, 6.45) is 3.13. The van der Waals surface area contributed by atoms with Gasteiger partial charge in [0.25, 0.3) is 11.5 Å². The molecule has 0 saturated heterocycles. The summed E-state index contributed by atoms with van der Waals surface area (Å²) in [6.45, 7) is 1.37. The van der Waals surface area contributed by atoms with E-state index in [0.717, 1.165) is 31.2 Å². The Balaban J connectivity index is 1.62. The van der Waals surface area contributed by atoms with Gasteiger partial charge in [-0.25, -0.2) is 9.78 Å². The van der Waals surface area contributed by atoms with Crippen LogP contribution in [0.4, 0.5) is 4.79 Å². The van der Waals surface area contributed by atoms with Gasteiger partial charge in [-0.2, -0.15) is 0 Å². The molecule has 2 aromatic rings. The smallest absolute Gasteiger partial charge is 0.321 e. The second-order valence-electron chi connectivity index (χ2n) is 6.60. The number of esters is 1. The number of carbonyl (C=O) groups excluding carboxylic acids is 3. The number of aromatic nitrogens is 2. The fourth-order valence-corrected chi connectivity index (χ4v) is 4.41. The summed E-state index contributed by atoms with van der Waals surface area (Å²) in [5.74, 6) is -0.923. The topological polar surface area (TPSA) is 130 Å². The highest BCUT2D eigenvalue weighted by Crippen LogP contribution is 2.33. The largest absolute Gasteiger partial charge is 0.453 e. The molecule has 3 N–H and O–H groups in total. The number of ether oxygens (including phenoxy) is 1. The van der Waals surface area contributed by atoms with Gasteiger partial charge in [-0.1, -0.05) is 0 Å². The lowest BCUT2D eigenvalue weighted by atomic mass is 9.97. The molecule has 0 unspecified atom stereocenters. The fourth-order valence-electron chi connectivity index (χ4n) is 3.13. The van der Waals surface area contributed by atoms with Crippen molar-refractivity contribution >= 4 is 39.5 Å². The average molecular weight is 406 g/mol. The Morgan fingerprint density at radius 1 is 1.29 bits per heavy atom. The maximum Gasteiger partial charge on any atom is 0.321 e. The van der Waals surface area contributed by atoms with E-state index in [1.54, 1.807) is 11.3 Å². The molecule has 2 heterocycles. The maximum atomic E-state index is 12.5. The Morgan fingerprint density at radius 3 is 2.79 bits per heavy atom. The normalized spacial score (nSPS) is 14.2. The summed E-state index contributed by atoms with van der Waals surface area (Å²) in [5, 5.41) is 4.94. The molecule has 0 radical (unpaired) electrons. The van der Waals surface area contributed by atoms with E-state index in [-0.39, 0.29) is 18.4 Å². The van der Waals surface area contributed by atoms with Crippen molar-refractivity contribution in [2.24, 2.45) is 0 Å². The molecule has 3 rings (SSSR count). The number of nitrogens with one attached hydrogen (secondary N) is 3. The van der Waals surface area contributed by atoms with Crippen LogP contribution in [0.25, 0.3) is 10.2 Å². The minimum atomic E-state index is -1.11. The third kappa shape index (κ3) is 4.38. The molecule has 0 bridgehead atoms. The summed E-state index contributed by atoms with van der Waals surface area (Å²) < 4.78 is 5.02. The molecule has 0 spiro atoms. The van der Waals surface area contributed by atoms with E-state index in [9.17, 15) is 19.2 Å². The molecular formula is C18H22N4O5S. The predicted octanol–water partition coefficient (Wildman–Crippen LogP) is 1.18. The number of aromatic amines is 1. The van der Waals surface area contributed by atoms with Gasteiger partial charge >= 0.3 is 12.0 Å². The Hall–Kier alpha value is -2.75. The molecule has 0 aromatic carbocycles. The zero-order chi connectivity index (χ0) is 20.3. The monoisotopic (exact) mass is 406 g/mol. The number of rotatable bonds is 5. The van der Waals surface area contributed by atoms with Gasteiger partial charge in [0, 0.05) is 18.3 Å². The van der Waals surface area contributed by atoms with Crippen LogP contribution in [0.5, 0.6) is 0 Å². The third-order valence-corrected chi connectivity index (χ3v) is 5.77. The van der Waals surface area contributed by atoms with Crippen LogP contribution in [0.15, 0.2) is 4.79 Å². The highest BCUT2D eigenvalue weighted by atomic mass is 32.1. The zero-order valence-electron chi connectivity index (χ0n) is 15.7. The first-order chi connectivity index (χ1) is 13.4. The molecule has 1 atom stereocenters. The van der Waals surface area contributed by atoms with Crippen LogP contribution in [0.3, 0.4) is 0 Å². The Kier molecular flexibility index (Phi) is 6.08. The average Bonchev–Trinajstić information content (AvgIpc) is 3.04. The van der Waals surface area contributed by atoms with Gasteiger partial charge in [0.2, 0.25) is 0 Å². The van der Waals surface area contributed by atoms with E-state index in [0.29, 0.717) is 16.0 Å². The number of urea groups is 1. The zero-order valence-corrected chi connectivity index (χ0v) is 16.5. The fraction of sp³-hybridized carbons (Fsp3) is 0.500. The number of hydrogen-bond acceptors (Lipinski definition) is 7. The number of carbonyl (C=O) groups is 3. The quantitative estimate of drug-likeness (QED) is 0.639. The molecule has 28 heavy (non-hydrogen) atoms. The second kappa shape index (κ2) is 8.51. The summed E-state index contributed by atoms with van der Waals surface area (Å²) in [7, 11) is 1.37. The van der Waals surface area contributed by atoms with Crippen LogP contribution >= 0.6 is 11.3 Å². The van der Waals surface area contributed by atoms with Crippen LogP contribution in [0.2, 0.25) is 0 Å². The summed E-state index contributed by atoms with van der Waals surface area (Å²) in [5.41, 5.74) is 0.938. The molecule has 0 aliphatic heterocycles. The summed E-state index contributed by atoms with van der Waals surface area (Å²) >= 11 is 1.55. The van der Waals surface area contributed by atoms with Crippen molar-refractivity contribution in [2.75, 3.05) is 7.05 Å². The van der Waals surface area contributed by atoms with Gasteiger partial charge in [0.1, 0.15) is 10.7 Å². The molecule has 0 fully saturated rings. The van der Waals surface area contributed by atoms with Gasteiger partial charge in [-0.05, 0) is 38.2 Å². The highest BCUT2D eigenvalue weighted by molar-refractivity contribution is 7.18.